The van der Waals surface area contributed by atoms with Gasteiger partial charge in [0.25, 0.3) is 0 Å². The van der Waals surface area contributed by atoms with Gasteiger partial charge >= 0.3 is 0 Å². The van der Waals surface area contributed by atoms with E-state index in [2.05, 4.69) is 21.2 Å². The maximum atomic E-state index is 12.8. The van der Waals surface area contributed by atoms with E-state index < -0.39 is 0 Å². The predicted octanol–water partition coefficient (Wildman–Crippen LogP) is 3.57. The molecular weight excluding hydrogens is 261 g/mol. The van der Waals surface area contributed by atoms with Crippen molar-refractivity contribution >= 4 is 27.5 Å². The Morgan fingerprint density at radius 2 is 2.27 bits per heavy atom. The van der Waals surface area contributed by atoms with E-state index >= 15 is 0 Å². The van der Waals surface area contributed by atoms with Crippen molar-refractivity contribution in [2.45, 2.75) is 20.3 Å². The summed E-state index contributed by atoms with van der Waals surface area (Å²) in [5, 5.41) is 2.74. The number of halogens is 2. The summed E-state index contributed by atoms with van der Waals surface area (Å²) < 4.78 is 13.3. The molecular formula is C11H13BrFNO. The lowest BCUT2D eigenvalue weighted by Crippen LogP contribution is -2.19. The number of nitrogens with one attached hydrogen (secondary N) is 1. The molecule has 1 amide bonds. The van der Waals surface area contributed by atoms with Gasteiger partial charge in [-0.2, -0.15) is 0 Å². The summed E-state index contributed by atoms with van der Waals surface area (Å²) in [7, 11) is 0. The number of hydrogen-bond acceptors (Lipinski definition) is 1. The van der Waals surface area contributed by atoms with Crippen molar-refractivity contribution in [3.8, 4) is 0 Å². The van der Waals surface area contributed by atoms with Crippen molar-refractivity contribution in [3.05, 3.63) is 28.5 Å². The average molecular weight is 274 g/mol. The van der Waals surface area contributed by atoms with Gasteiger partial charge in [-0.1, -0.05) is 13.8 Å². The summed E-state index contributed by atoms with van der Waals surface area (Å²) in [6.07, 6.45) is 0.782. The Morgan fingerprint density at radius 1 is 1.60 bits per heavy atom. The topological polar surface area (TPSA) is 29.1 Å². The van der Waals surface area contributed by atoms with Crippen molar-refractivity contribution in [1.29, 1.82) is 0 Å². The molecule has 82 valence electrons. The van der Waals surface area contributed by atoms with Crippen LogP contribution >= 0.6 is 15.9 Å². The van der Waals surface area contributed by atoms with Crippen LogP contribution in [0.25, 0.3) is 0 Å². The van der Waals surface area contributed by atoms with Crippen LogP contribution in [0, 0.1) is 11.7 Å². The monoisotopic (exact) mass is 273 g/mol. The zero-order valence-corrected chi connectivity index (χ0v) is 10.3. The molecule has 0 radical (unpaired) electrons. The molecule has 15 heavy (non-hydrogen) atoms. The van der Waals surface area contributed by atoms with E-state index in [1.165, 1.54) is 12.1 Å². The second kappa shape index (κ2) is 5.26. The molecule has 0 aliphatic carbocycles. The Morgan fingerprint density at radius 3 is 2.80 bits per heavy atom. The highest BCUT2D eigenvalue weighted by molar-refractivity contribution is 9.10. The quantitative estimate of drug-likeness (QED) is 0.896. The summed E-state index contributed by atoms with van der Waals surface area (Å²) in [6.45, 7) is 3.80. The molecule has 0 fully saturated rings. The summed E-state index contributed by atoms with van der Waals surface area (Å²) in [6, 6.07) is 4.18. The van der Waals surface area contributed by atoms with Crippen LogP contribution in [0.5, 0.6) is 0 Å². The normalized spacial score (nSPS) is 12.3. The zero-order chi connectivity index (χ0) is 11.4. The largest absolute Gasteiger partial charge is 0.325 e. The van der Waals surface area contributed by atoms with Crippen LogP contribution in [-0.2, 0) is 4.79 Å². The maximum absolute atomic E-state index is 12.8. The lowest BCUT2D eigenvalue weighted by atomic mass is 10.1. The summed E-state index contributed by atoms with van der Waals surface area (Å²) >= 11 is 3.19. The van der Waals surface area contributed by atoms with Gasteiger partial charge in [0.2, 0.25) is 5.91 Å². The predicted molar refractivity (Wildman–Crippen MR) is 62.2 cm³/mol. The van der Waals surface area contributed by atoms with E-state index in [1.807, 2.05) is 13.8 Å². The average Bonchev–Trinajstić information content (AvgIpc) is 2.20. The first kappa shape index (κ1) is 12.2. The van der Waals surface area contributed by atoms with Gasteiger partial charge < -0.3 is 5.32 Å². The molecule has 0 aliphatic heterocycles. The number of hydrogen-bond donors (Lipinski definition) is 1. The van der Waals surface area contributed by atoms with E-state index in [0.29, 0.717) is 10.2 Å². The van der Waals surface area contributed by atoms with Crippen LogP contribution in [0.4, 0.5) is 10.1 Å². The van der Waals surface area contributed by atoms with E-state index in [-0.39, 0.29) is 17.6 Å². The second-order valence-electron chi connectivity index (χ2n) is 3.42. The van der Waals surface area contributed by atoms with Gasteiger partial charge in [0, 0.05) is 10.4 Å². The molecule has 1 unspecified atom stereocenters. The van der Waals surface area contributed by atoms with E-state index in [4.69, 9.17) is 0 Å². The fourth-order valence-corrected chi connectivity index (χ4v) is 1.48. The highest BCUT2D eigenvalue weighted by Gasteiger charge is 2.12. The number of carbonyl (C=O) groups excluding carboxylic acids is 1. The molecule has 0 heterocycles. The summed E-state index contributed by atoms with van der Waals surface area (Å²) in [5.41, 5.74) is 0.599. The van der Waals surface area contributed by atoms with Gasteiger partial charge in [-0.05, 0) is 40.5 Å². The van der Waals surface area contributed by atoms with Crippen molar-refractivity contribution in [1.82, 2.24) is 0 Å². The minimum Gasteiger partial charge on any atom is -0.325 e. The molecule has 1 aromatic carbocycles. The third-order valence-electron chi connectivity index (χ3n) is 2.25. The first-order valence-corrected chi connectivity index (χ1v) is 5.59. The van der Waals surface area contributed by atoms with E-state index in [1.54, 1.807) is 6.07 Å². The van der Waals surface area contributed by atoms with Gasteiger partial charge in [-0.3, -0.25) is 4.79 Å². The first-order chi connectivity index (χ1) is 7.04. The number of benzene rings is 1. The molecule has 4 heteroatoms. The maximum Gasteiger partial charge on any atom is 0.227 e. The number of anilines is 1. The van der Waals surface area contributed by atoms with E-state index in [0.717, 1.165) is 6.42 Å². The van der Waals surface area contributed by atoms with Gasteiger partial charge in [0.15, 0.2) is 0 Å². The first-order valence-electron chi connectivity index (χ1n) is 4.80. The second-order valence-corrected chi connectivity index (χ2v) is 4.28. The summed E-state index contributed by atoms with van der Waals surface area (Å²) in [4.78, 5) is 11.6. The van der Waals surface area contributed by atoms with Crippen molar-refractivity contribution < 1.29 is 9.18 Å². The van der Waals surface area contributed by atoms with Crippen LogP contribution in [0.15, 0.2) is 22.7 Å². The molecule has 0 spiro atoms. The SMILES string of the molecule is CCC(C)C(=O)Nc1ccc(F)cc1Br. The van der Waals surface area contributed by atoms with Crippen LogP contribution in [0.3, 0.4) is 0 Å². The van der Waals surface area contributed by atoms with Crippen molar-refractivity contribution in [3.63, 3.8) is 0 Å². The Bertz CT molecular complexity index is 368. The molecule has 1 aromatic rings. The molecule has 1 N–H and O–H groups in total. The third-order valence-corrected chi connectivity index (χ3v) is 2.91. The minimum atomic E-state index is -0.330. The standard InChI is InChI=1S/C11H13BrFNO/c1-3-7(2)11(15)14-10-5-4-8(13)6-9(10)12/h4-7H,3H2,1-2H3,(H,14,15). The third kappa shape index (κ3) is 3.30. The summed E-state index contributed by atoms with van der Waals surface area (Å²) in [5.74, 6) is -0.421. The molecule has 1 rings (SSSR count). The van der Waals surface area contributed by atoms with Crippen molar-refractivity contribution in [2.24, 2.45) is 5.92 Å². The minimum absolute atomic E-state index is 0.0399. The van der Waals surface area contributed by atoms with Crippen LogP contribution in [0.1, 0.15) is 20.3 Å². The Hall–Kier alpha value is -0.900. The van der Waals surface area contributed by atoms with Crippen LogP contribution < -0.4 is 5.32 Å². The molecule has 0 aliphatic rings. The van der Waals surface area contributed by atoms with Gasteiger partial charge in [-0.15, -0.1) is 0 Å². The van der Waals surface area contributed by atoms with Gasteiger partial charge in [0.1, 0.15) is 5.82 Å². The molecule has 1 atom stereocenters. The fourth-order valence-electron chi connectivity index (χ4n) is 1.03. The smallest absolute Gasteiger partial charge is 0.227 e. The number of rotatable bonds is 3. The zero-order valence-electron chi connectivity index (χ0n) is 8.68. The molecule has 0 bridgehead atoms. The molecule has 0 aromatic heterocycles. The number of amides is 1. The molecule has 0 saturated carbocycles. The molecule has 2 nitrogen and oxygen atoms in total. The Balaban J connectivity index is 2.77. The van der Waals surface area contributed by atoms with Gasteiger partial charge in [0.05, 0.1) is 5.69 Å². The van der Waals surface area contributed by atoms with Gasteiger partial charge in [-0.25, -0.2) is 4.39 Å². The van der Waals surface area contributed by atoms with Crippen LogP contribution in [-0.4, -0.2) is 5.91 Å². The lowest BCUT2D eigenvalue weighted by molar-refractivity contribution is -0.119. The lowest BCUT2D eigenvalue weighted by Gasteiger charge is -2.11. The highest BCUT2D eigenvalue weighted by Crippen LogP contribution is 2.23. The molecule has 0 saturated heterocycles. The van der Waals surface area contributed by atoms with Crippen LogP contribution in [0.2, 0.25) is 0 Å². The highest BCUT2D eigenvalue weighted by atomic mass is 79.9. The Kier molecular flexibility index (Phi) is 4.27. The van der Waals surface area contributed by atoms with Crippen molar-refractivity contribution in [2.75, 3.05) is 5.32 Å². The fraction of sp³-hybridized carbons (Fsp3) is 0.364. The Labute approximate surface area is 97.0 Å². The number of carbonyl (C=O) groups is 1. The van der Waals surface area contributed by atoms with E-state index in [9.17, 15) is 9.18 Å².